The Hall–Kier alpha value is -1.26. The van der Waals surface area contributed by atoms with Gasteiger partial charge in [-0.25, -0.2) is 0 Å². The van der Waals surface area contributed by atoms with Crippen molar-refractivity contribution in [2.45, 2.75) is 31.5 Å². The lowest BCUT2D eigenvalue weighted by Gasteiger charge is -2.27. The molecule has 82 valence electrons. The predicted octanol–water partition coefficient (Wildman–Crippen LogP) is 3.03. The topological polar surface area (TPSA) is 22.1 Å². The van der Waals surface area contributed by atoms with Gasteiger partial charge in [0.2, 0.25) is 0 Å². The molecule has 15 heavy (non-hydrogen) atoms. The van der Waals surface area contributed by atoms with E-state index in [2.05, 4.69) is 4.98 Å². The van der Waals surface area contributed by atoms with Gasteiger partial charge in [-0.2, -0.15) is 13.2 Å². The van der Waals surface area contributed by atoms with Gasteiger partial charge in [0.05, 0.1) is 12.3 Å². The average Bonchev–Trinajstić information content (AvgIpc) is 2.10. The van der Waals surface area contributed by atoms with Crippen LogP contribution in [0.1, 0.15) is 24.8 Å². The molecule has 1 aliphatic carbocycles. The first kappa shape index (κ1) is 10.3. The molecule has 0 N–H and O–H groups in total. The third-order valence-corrected chi connectivity index (χ3v) is 2.44. The van der Waals surface area contributed by atoms with Crippen molar-refractivity contribution in [3.63, 3.8) is 0 Å². The molecule has 0 bridgehead atoms. The van der Waals surface area contributed by atoms with Gasteiger partial charge in [0.25, 0.3) is 0 Å². The highest BCUT2D eigenvalue weighted by Gasteiger charge is 2.35. The fourth-order valence-corrected chi connectivity index (χ4v) is 1.38. The second kappa shape index (κ2) is 3.72. The lowest BCUT2D eigenvalue weighted by Crippen LogP contribution is -2.25. The molecule has 5 heteroatoms. The molecule has 0 aromatic carbocycles. The van der Waals surface area contributed by atoms with E-state index in [9.17, 15) is 13.2 Å². The summed E-state index contributed by atoms with van der Waals surface area (Å²) >= 11 is 0. The lowest BCUT2D eigenvalue weighted by molar-refractivity contribution is -0.139. The van der Waals surface area contributed by atoms with Crippen LogP contribution in [0.25, 0.3) is 0 Å². The highest BCUT2D eigenvalue weighted by molar-refractivity contribution is 5.32. The van der Waals surface area contributed by atoms with Gasteiger partial charge in [-0.15, -0.1) is 0 Å². The number of hydrogen-bond acceptors (Lipinski definition) is 2. The van der Waals surface area contributed by atoms with E-state index < -0.39 is 11.7 Å². The molecule has 0 saturated heterocycles. The van der Waals surface area contributed by atoms with Crippen LogP contribution in [0.3, 0.4) is 0 Å². The monoisotopic (exact) mass is 217 g/mol. The Morgan fingerprint density at radius 3 is 2.60 bits per heavy atom. The number of halogens is 3. The van der Waals surface area contributed by atoms with Gasteiger partial charge >= 0.3 is 6.18 Å². The van der Waals surface area contributed by atoms with E-state index in [1.807, 2.05) is 0 Å². The van der Waals surface area contributed by atoms with Gasteiger partial charge in [0.15, 0.2) is 0 Å². The Bertz CT molecular complexity index is 347. The Morgan fingerprint density at radius 2 is 2.07 bits per heavy atom. The zero-order valence-corrected chi connectivity index (χ0v) is 7.92. The van der Waals surface area contributed by atoms with Crippen molar-refractivity contribution >= 4 is 0 Å². The maximum Gasteiger partial charge on any atom is 0.420 e. The Balaban J connectivity index is 2.21. The highest BCUT2D eigenvalue weighted by Crippen LogP contribution is 2.37. The molecular formula is C10H10F3NO. The van der Waals surface area contributed by atoms with E-state index in [0.29, 0.717) is 0 Å². The van der Waals surface area contributed by atoms with E-state index in [4.69, 9.17) is 4.74 Å². The van der Waals surface area contributed by atoms with Crippen LogP contribution < -0.4 is 4.74 Å². The SMILES string of the molecule is FC(F)(F)c1ccncc1OC1CCC1. The summed E-state index contributed by atoms with van der Waals surface area (Å²) in [6.07, 6.45) is 0.472. The molecule has 0 aliphatic heterocycles. The molecule has 1 heterocycles. The summed E-state index contributed by atoms with van der Waals surface area (Å²) in [4.78, 5) is 3.65. The molecule has 1 aliphatic rings. The Kier molecular flexibility index (Phi) is 2.54. The summed E-state index contributed by atoms with van der Waals surface area (Å²) in [6.45, 7) is 0. The lowest BCUT2D eigenvalue weighted by atomic mass is 9.96. The first-order valence-corrected chi connectivity index (χ1v) is 4.75. The third-order valence-electron chi connectivity index (χ3n) is 2.44. The summed E-state index contributed by atoms with van der Waals surface area (Å²) in [7, 11) is 0. The van der Waals surface area contributed by atoms with Crippen molar-refractivity contribution in [1.29, 1.82) is 0 Å². The summed E-state index contributed by atoms with van der Waals surface area (Å²) in [5.74, 6) is -0.158. The number of alkyl halides is 3. The number of aromatic nitrogens is 1. The molecule has 1 saturated carbocycles. The molecule has 0 atom stereocenters. The summed E-state index contributed by atoms with van der Waals surface area (Å²) in [6, 6.07) is 0.938. The van der Waals surface area contributed by atoms with Crippen LogP contribution in [0.4, 0.5) is 13.2 Å². The number of nitrogens with zero attached hydrogens (tertiary/aromatic N) is 1. The van der Waals surface area contributed by atoms with E-state index in [1.165, 1.54) is 0 Å². The summed E-state index contributed by atoms with van der Waals surface area (Å²) in [5.41, 5.74) is -0.746. The molecule has 2 rings (SSSR count). The van der Waals surface area contributed by atoms with Crippen molar-refractivity contribution in [3.05, 3.63) is 24.0 Å². The molecule has 2 nitrogen and oxygen atoms in total. The minimum absolute atomic E-state index is 0.0738. The molecule has 0 radical (unpaired) electrons. The fraction of sp³-hybridized carbons (Fsp3) is 0.500. The first-order chi connectivity index (χ1) is 7.07. The number of hydrogen-bond donors (Lipinski definition) is 0. The van der Waals surface area contributed by atoms with Crippen molar-refractivity contribution < 1.29 is 17.9 Å². The van der Waals surface area contributed by atoms with E-state index in [1.54, 1.807) is 0 Å². The molecule has 1 aromatic heterocycles. The maximum absolute atomic E-state index is 12.5. The van der Waals surface area contributed by atoms with Gasteiger partial charge in [-0.05, 0) is 25.3 Å². The van der Waals surface area contributed by atoms with Gasteiger partial charge in [-0.1, -0.05) is 0 Å². The summed E-state index contributed by atoms with van der Waals surface area (Å²) in [5, 5.41) is 0. The Morgan fingerprint density at radius 1 is 1.33 bits per heavy atom. The normalized spacial score (nSPS) is 17.3. The molecular weight excluding hydrogens is 207 g/mol. The smallest absolute Gasteiger partial charge is 0.420 e. The number of pyridine rings is 1. The van der Waals surface area contributed by atoms with E-state index in [-0.39, 0.29) is 11.9 Å². The van der Waals surface area contributed by atoms with E-state index in [0.717, 1.165) is 37.7 Å². The highest BCUT2D eigenvalue weighted by atomic mass is 19.4. The second-order valence-electron chi connectivity index (χ2n) is 3.54. The zero-order valence-electron chi connectivity index (χ0n) is 7.92. The first-order valence-electron chi connectivity index (χ1n) is 4.75. The van der Waals surface area contributed by atoms with Crippen molar-refractivity contribution in [2.75, 3.05) is 0 Å². The van der Waals surface area contributed by atoms with Crippen LogP contribution in [0.15, 0.2) is 18.5 Å². The standard InChI is InChI=1S/C10H10F3NO/c11-10(12,13)8-4-5-14-6-9(8)15-7-2-1-3-7/h4-7H,1-3H2. The van der Waals surface area contributed by atoms with Crippen molar-refractivity contribution in [2.24, 2.45) is 0 Å². The van der Waals surface area contributed by atoms with E-state index >= 15 is 0 Å². The molecule has 0 unspecified atom stereocenters. The molecule has 1 fully saturated rings. The largest absolute Gasteiger partial charge is 0.488 e. The number of rotatable bonds is 2. The maximum atomic E-state index is 12.5. The molecule has 0 amide bonds. The quantitative estimate of drug-likeness (QED) is 0.759. The summed E-state index contributed by atoms with van der Waals surface area (Å²) < 4.78 is 42.8. The van der Waals surface area contributed by atoms with Crippen LogP contribution in [0.5, 0.6) is 5.75 Å². The molecule has 1 aromatic rings. The van der Waals surface area contributed by atoms with Crippen molar-refractivity contribution in [1.82, 2.24) is 4.98 Å². The van der Waals surface area contributed by atoms with Crippen LogP contribution in [-0.2, 0) is 6.18 Å². The Labute approximate surface area is 85.1 Å². The minimum atomic E-state index is -4.37. The van der Waals surface area contributed by atoms with Crippen LogP contribution in [0, 0.1) is 0 Å². The molecule has 0 spiro atoms. The van der Waals surface area contributed by atoms with Crippen LogP contribution >= 0.6 is 0 Å². The van der Waals surface area contributed by atoms with Crippen molar-refractivity contribution in [3.8, 4) is 5.75 Å². The minimum Gasteiger partial charge on any atom is -0.488 e. The van der Waals surface area contributed by atoms with Gasteiger partial charge in [-0.3, -0.25) is 4.98 Å². The van der Waals surface area contributed by atoms with Gasteiger partial charge in [0, 0.05) is 6.20 Å². The fourth-order valence-electron chi connectivity index (χ4n) is 1.38. The number of ether oxygens (including phenoxy) is 1. The zero-order chi connectivity index (χ0) is 10.9. The average molecular weight is 217 g/mol. The third kappa shape index (κ3) is 2.22. The van der Waals surface area contributed by atoms with Crippen LogP contribution in [-0.4, -0.2) is 11.1 Å². The van der Waals surface area contributed by atoms with Crippen LogP contribution in [0.2, 0.25) is 0 Å². The second-order valence-corrected chi connectivity index (χ2v) is 3.54. The van der Waals surface area contributed by atoms with Gasteiger partial charge in [0.1, 0.15) is 11.3 Å². The van der Waals surface area contributed by atoms with Gasteiger partial charge < -0.3 is 4.74 Å². The predicted molar refractivity (Wildman–Crippen MR) is 47.5 cm³/mol.